The van der Waals surface area contributed by atoms with Crippen molar-refractivity contribution in [3.8, 4) is 134 Å². The molecule has 4 nitrogen and oxygen atoms in total. The number of fused-ring (bicyclic) bond motifs is 7. The van der Waals surface area contributed by atoms with Crippen LogP contribution < -0.4 is 19.4 Å². The van der Waals surface area contributed by atoms with E-state index >= 15 is 0 Å². The van der Waals surface area contributed by atoms with Crippen molar-refractivity contribution in [1.82, 2.24) is 0 Å². The molecule has 0 unspecified atom stereocenters. The van der Waals surface area contributed by atoms with E-state index in [-0.39, 0.29) is 0 Å². The lowest BCUT2D eigenvalue weighted by Gasteiger charge is -2.40. The third-order valence-corrected chi connectivity index (χ3v) is 26.6. The number of anilines is 9. The molecule has 0 amide bonds. The van der Waals surface area contributed by atoms with Gasteiger partial charge in [0.25, 0.3) is 0 Å². The Bertz CT molecular complexity index is 8210. The lowest BCUT2D eigenvalue weighted by Crippen LogP contribution is -2.23. The minimum absolute atomic E-state index is 0.862. The van der Waals surface area contributed by atoms with Crippen molar-refractivity contribution in [3.63, 3.8) is 0 Å². The van der Waals surface area contributed by atoms with Gasteiger partial charge in [-0.15, -0.1) is 0 Å². The molecule has 0 radical (unpaired) electrons. The second-order valence-electron chi connectivity index (χ2n) is 36.3. The van der Waals surface area contributed by atoms with E-state index in [1.165, 1.54) is 177 Å². The van der Waals surface area contributed by atoms with Crippen LogP contribution in [0.25, 0.3) is 155 Å². The molecule has 0 bridgehead atoms. The van der Waals surface area contributed by atoms with Gasteiger partial charge in [0.2, 0.25) is 0 Å². The fraction of sp³-hybridized carbons (Fsp3) is 0.0294. The van der Waals surface area contributed by atoms with Gasteiger partial charge in [-0.1, -0.05) is 413 Å². The van der Waals surface area contributed by atoms with Gasteiger partial charge < -0.3 is 19.4 Å². The third-order valence-electron chi connectivity index (χ3n) is 26.6. The summed E-state index contributed by atoms with van der Waals surface area (Å²) in [5, 5.41) is 7.70. The van der Waals surface area contributed by atoms with Gasteiger partial charge in [0.05, 0.1) is 34.1 Å². The number of rotatable bonds is 14. The minimum Gasteiger partial charge on any atom is -0.453 e. The molecule has 0 spiro atoms. The maximum absolute atomic E-state index is 6.18. The Kier molecular flexibility index (Phi) is 24.7. The van der Waals surface area contributed by atoms with Gasteiger partial charge in [-0.2, -0.15) is 0 Å². The Morgan fingerprint density at radius 1 is 0.136 bits per heavy atom. The Morgan fingerprint density at radius 2 is 0.364 bits per heavy atom. The highest BCUT2D eigenvalue weighted by Crippen LogP contribution is 2.55. The number of benzene rings is 23. The quantitative estimate of drug-likeness (QED) is 0.108. The summed E-state index contributed by atoms with van der Waals surface area (Å²) in [5.74, 6) is 1.72. The van der Waals surface area contributed by atoms with Crippen molar-refractivity contribution in [3.05, 3.63) is 562 Å². The predicted octanol–water partition coefficient (Wildman–Crippen LogP) is 38.6. The van der Waals surface area contributed by atoms with Gasteiger partial charge in [0.15, 0.2) is 11.5 Å². The zero-order valence-electron chi connectivity index (χ0n) is 78.6. The van der Waals surface area contributed by atoms with Crippen molar-refractivity contribution < 1.29 is 4.74 Å². The molecule has 2 aliphatic heterocycles. The topological polar surface area (TPSA) is 19.0 Å². The maximum Gasteiger partial charge on any atom is 0.151 e. The summed E-state index contributed by atoms with van der Waals surface area (Å²) in [6, 6.07) is 193. The lowest BCUT2D eigenvalue weighted by atomic mass is 9.92. The third kappa shape index (κ3) is 18.6. The highest BCUT2D eigenvalue weighted by atomic mass is 16.5. The molecule has 140 heavy (non-hydrogen) atoms. The summed E-state index contributed by atoms with van der Waals surface area (Å²) in [7, 11) is 0. The zero-order valence-corrected chi connectivity index (χ0v) is 78.6. The number of ether oxygens (including phenoxy) is 1. The van der Waals surface area contributed by atoms with Gasteiger partial charge >= 0.3 is 0 Å². The second-order valence-corrected chi connectivity index (χ2v) is 36.3. The Labute approximate surface area is 820 Å². The number of hydrogen-bond donors (Lipinski definition) is 0. The van der Waals surface area contributed by atoms with E-state index in [0.29, 0.717) is 0 Å². The van der Waals surface area contributed by atoms with Gasteiger partial charge in [-0.25, -0.2) is 0 Å². The maximum atomic E-state index is 6.18. The van der Waals surface area contributed by atoms with Crippen LogP contribution in [-0.2, 0) is 0 Å². The van der Waals surface area contributed by atoms with E-state index in [1.807, 2.05) is 24.3 Å². The molecule has 25 rings (SSSR count). The Balaban J connectivity index is 0.000000110. The fourth-order valence-electron chi connectivity index (χ4n) is 19.9. The molecule has 0 aliphatic carbocycles. The first kappa shape index (κ1) is 87.4. The molecule has 0 atom stereocenters. The van der Waals surface area contributed by atoms with Crippen LogP contribution in [0.1, 0.15) is 22.3 Å². The molecule has 666 valence electrons. The first-order chi connectivity index (χ1) is 69.0. The average molecular weight is 1790 g/mol. The van der Waals surface area contributed by atoms with Gasteiger partial charge in [0, 0.05) is 17.1 Å². The lowest BCUT2D eigenvalue weighted by molar-refractivity contribution is 0.477. The Hall–Kier alpha value is -18.0. The molecule has 0 fully saturated rings. The highest BCUT2D eigenvalue weighted by molar-refractivity contribution is 6.04. The molecular weight excluding hydrogens is 1690 g/mol. The molecule has 0 aromatic heterocycles. The minimum atomic E-state index is 0.862. The summed E-state index contributed by atoms with van der Waals surface area (Å²) in [4.78, 5) is 7.00. The molecule has 23 aromatic carbocycles. The summed E-state index contributed by atoms with van der Waals surface area (Å²) < 4.78 is 6.18. The molecule has 2 heterocycles. The van der Waals surface area contributed by atoms with Crippen LogP contribution in [0.5, 0.6) is 11.5 Å². The van der Waals surface area contributed by atoms with Crippen molar-refractivity contribution >= 4 is 83.5 Å². The molecular formula is C136H101N3O. The number of nitrogens with zero attached hydrogens (tertiary/aromatic N) is 3. The van der Waals surface area contributed by atoms with E-state index in [2.05, 4.69) is 558 Å². The highest BCUT2D eigenvalue weighted by Gasteiger charge is 2.31. The summed E-state index contributed by atoms with van der Waals surface area (Å²) in [6.45, 7) is 8.69. The van der Waals surface area contributed by atoms with E-state index in [9.17, 15) is 0 Å². The van der Waals surface area contributed by atoms with E-state index in [0.717, 1.165) is 62.7 Å². The van der Waals surface area contributed by atoms with E-state index in [4.69, 9.17) is 4.74 Å². The first-order valence-corrected chi connectivity index (χ1v) is 48.1. The van der Waals surface area contributed by atoms with Gasteiger partial charge in [0.1, 0.15) is 0 Å². The normalized spacial score (nSPS) is 11.6. The van der Waals surface area contributed by atoms with Crippen LogP contribution in [0.2, 0.25) is 0 Å². The van der Waals surface area contributed by atoms with Crippen molar-refractivity contribution in [2.24, 2.45) is 0 Å². The Morgan fingerprint density at radius 3 is 0.764 bits per heavy atom. The van der Waals surface area contributed by atoms with Crippen molar-refractivity contribution in [1.29, 1.82) is 0 Å². The fourth-order valence-corrected chi connectivity index (χ4v) is 19.9. The summed E-state index contributed by atoms with van der Waals surface area (Å²) in [5.41, 5.74) is 42.5. The first-order valence-electron chi connectivity index (χ1n) is 48.1. The molecule has 0 saturated heterocycles. The van der Waals surface area contributed by atoms with Crippen molar-refractivity contribution in [2.45, 2.75) is 27.7 Å². The number of aryl methyl sites for hydroxylation is 4. The largest absolute Gasteiger partial charge is 0.453 e. The molecule has 23 aromatic rings. The zero-order chi connectivity index (χ0) is 94.2. The van der Waals surface area contributed by atoms with Gasteiger partial charge in [-0.05, 0) is 332 Å². The van der Waals surface area contributed by atoms with Crippen molar-refractivity contribution in [2.75, 3.05) is 14.7 Å². The van der Waals surface area contributed by atoms with Crippen LogP contribution in [-0.4, -0.2) is 0 Å². The van der Waals surface area contributed by atoms with Crippen LogP contribution >= 0.6 is 0 Å². The molecule has 4 heteroatoms. The molecule has 0 saturated carbocycles. The van der Waals surface area contributed by atoms with Crippen LogP contribution in [0, 0.1) is 27.7 Å². The summed E-state index contributed by atoms with van der Waals surface area (Å²) in [6.07, 6.45) is 0. The van der Waals surface area contributed by atoms with Gasteiger partial charge in [-0.3, -0.25) is 0 Å². The summed E-state index contributed by atoms with van der Waals surface area (Å²) >= 11 is 0. The molecule has 0 N–H and O–H groups in total. The standard InChI is InChI=1S/C43H32N2.C37H27NO.C29H22.C27H20/c1-31-28-36(32-12-4-2-5-13-32)30-37(29-31)35-22-20-33(21-23-35)34-24-26-39(27-25-34)45-42-18-10-8-16-40(42)44(38-14-6-3-7-15-38)41-17-9-11-19-43(41)45;1-26-22-31(27-10-3-2-4-11-27)25-32(23-26)30-13-9-12-29(24-30)28-18-20-33(21-19-28)38-34-14-5-7-16-36(34)39-37-17-8-6-15-35(37)38;1-21-16-27(23-10-6-3-7-11-23)20-28(17-21)26-15-13-24-12-14-25(18-29(24)19-26)22-8-4-2-5-9-22;1-19-16-22(26-14-6-10-20-8-2-4-12-24(20)26)18-23(17-19)27-15-7-11-21-9-3-5-13-25(21)27/h2-30H,1H3;2-25H,1H3;2-20H,1H3;2-18H,1H3. The van der Waals surface area contributed by atoms with Crippen LogP contribution in [0.3, 0.4) is 0 Å². The predicted molar refractivity (Wildman–Crippen MR) is 595 cm³/mol. The van der Waals surface area contributed by atoms with E-state index < -0.39 is 0 Å². The van der Waals surface area contributed by atoms with E-state index in [1.54, 1.807) is 0 Å². The average Bonchev–Trinajstić information content (AvgIpc) is 0.724. The van der Waals surface area contributed by atoms with Crippen LogP contribution in [0.4, 0.5) is 51.2 Å². The molecule has 2 aliphatic rings. The smallest absolute Gasteiger partial charge is 0.151 e. The van der Waals surface area contributed by atoms with Crippen LogP contribution in [0.15, 0.2) is 540 Å². The second kappa shape index (κ2) is 39.5. The number of para-hydroxylation sites is 9. The monoisotopic (exact) mass is 1790 g/mol. The number of hydrogen-bond acceptors (Lipinski definition) is 4. The SMILES string of the molecule is Cc1cc(-c2cccc3ccccc23)cc(-c2cccc3ccccc23)c1.Cc1cc(-c2ccccc2)cc(-c2ccc(-c3ccc(N4c5ccccc5N(c5ccccc5)c5ccccc54)cc3)cc2)c1.Cc1cc(-c2ccccc2)cc(-c2ccc3ccc(-c4ccccc4)cc3c2)c1.Cc1cc(-c2ccccc2)cc(-c2cccc(-c3ccc(N4c5ccccc5Oc5ccccc54)cc3)c2)c1.